The molecule has 8 heteroatoms. The van der Waals surface area contributed by atoms with Gasteiger partial charge in [-0.15, -0.1) is 0 Å². The third-order valence-corrected chi connectivity index (χ3v) is 6.05. The zero-order chi connectivity index (χ0) is 19.9. The molecular formula is C20H24FN5O2. The molecule has 3 heterocycles. The number of amides is 2. The maximum atomic E-state index is 13.4. The van der Waals surface area contributed by atoms with Gasteiger partial charge in [-0.25, -0.2) is 9.37 Å². The first-order valence-corrected chi connectivity index (χ1v) is 9.54. The average Bonchev–Trinajstić information content (AvgIpc) is 3.25. The van der Waals surface area contributed by atoms with E-state index in [9.17, 15) is 14.0 Å². The number of halogens is 1. The zero-order valence-corrected chi connectivity index (χ0v) is 16.1. The van der Waals surface area contributed by atoms with Gasteiger partial charge in [0.05, 0.1) is 11.8 Å². The van der Waals surface area contributed by atoms with Gasteiger partial charge in [-0.05, 0) is 31.0 Å². The van der Waals surface area contributed by atoms with Gasteiger partial charge in [0, 0.05) is 39.0 Å². The van der Waals surface area contributed by atoms with Crippen LogP contribution in [-0.4, -0.2) is 63.0 Å². The molecule has 2 saturated heterocycles. The Labute approximate surface area is 162 Å². The molecule has 2 aliphatic heterocycles. The van der Waals surface area contributed by atoms with Crippen molar-refractivity contribution in [1.82, 2.24) is 25.0 Å². The van der Waals surface area contributed by atoms with Gasteiger partial charge < -0.3 is 9.80 Å². The van der Waals surface area contributed by atoms with Crippen LogP contribution in [0.5, 0.6) is 0 Å². The normalized spacial score (nSPS) is 24.3. The number of likely N-dealkylation sites (tertiary alicyclic amines) is 2. The van der Waals surface area contributed by atoms with E-state index in [0.717, 1.165) is 11.6 Å². The first-order valence-electron chi connectivity index (χ1n) is 9.54. The van der Waals surface area contributed by atoms with Crippen LogP contribution in [0.1, 0.15) is 30.6 Å². The van der Waals surface area contributed by atoms with Gasteiger partial charge in [-0.2, -0.15) is 5.10 Å². The van der Waals surface area contributed by atoms with Crippen LogP contribution in [0.3, 0.4) is 0 Å². The van der Waals surface area contributed by atoms with Gasteiger partial charge in [-0.3, -0.25) is 14.7 Å². The van der Waals surface area contributed by atoms with Crippen molar-refractivity contribution in [1.29, 1.82) is 0 Å². The number of hydrogen-bond acceptors (Lipinski definition) is 4. The highest BCUT2D eigenvalue weighted by molar-refractivity contribution is 5.79. The minimum atomic E-state index is -0.337. The molecule has 148 valence electrons. The molecule has 2 amide bonds. The number of carbonyl (C=O) groups is 2. The number of piperidine rings is 1. The molecule has 0 aliphatic carbocycles. The molecule has 2 atom stereocenters. The lowest BCUT2D eigenvalue weighted by atomic mass is 9.72. The summed E-state index contributed by atoms with van der Waals surface area (Å²) < 4.78 is 13.4. The summed E-state index contributed by atoms with van der Waals surface area (Å²) >= 11 is 0. The number of carbonyl (C=O) groups excluding carboxylic acids is 2. The van der Waals surface area contributed by atoms with Crippen molar-refractivity contribution in [2.24, 2.45) is 5.92 Å². The van der Waals surface area contributed by atoms with Gasteiger partial charge in [0.15, 0.2) is 5.82 Å². The molecular weight excluding hydrogens is 361 g/mol. The van der Waals surface area contributed by atoms with E-state index in [-0.39, 0.29) is 35.4 Å². The minimum Gasteiger partial charge on any atom is -0.342 e. The fraction of sp³-hybridized carbons (Fsp3) is 0.500. The second-order valence-electron chi connectivity index (χ2n) is 7.89. The number of hydrogen-bond donors (Lipinski definition) is 1. The third-order valence-electron chi connectivity index (χ3n) is 6.05. The maximum Gasteiger partial charge on any atom is 0.227 e. The van der Waals surface area contributed by atoms with Gasteiger partial charge in [-0.1, -0.05) is 12.1 Å². The predicted octanol–water partition coefficient (Wildman–Crippen LogP) is 1.44. The van der Waals surface area contributed by atoms with Crippen LogP contribution in [0.4, 0.5) is 4.39 Å². The SMILES string of the molecule is CC(=O)N1C[C@H]2CN(C(=O)Cc3cccc(F)c3)CC[C@@]2(c2n[nH]c(C)n2)C1. The molecule has 1 aromatic carbocycles. The van der Waals surface area contributed by atoms with Crippen molar-refractivity contribution in [3.05, 3.63) is 47.3 Å². The number of benzene rings is 1. The van der Waals surface area contributed by atoms with Crippen molar-refractivity contribution in [2.45, 2.75) is 32.1 Å². The first-order chi connectivity index (χ1) is 13.4. The fourth-order valence-corrected chi connectivity index (χ4v) is 4.51. The Kier molecular flexibility index (Phi) is 4.64. The molecule has 0 radical (unpaired) electrons. The summed E-state index contributed by atoms with van der Waals surface area (Å²) in [5.41, 5.74) is 0.342. The number of aryl methyl sites for hydroxylation is 1. The van der Waals surface area contributed by atoms with E-state index in [0.29, 0.717) is 38.2 Å². The van der Waals surface area contributed by atoms with Crippen molar-refractivity contribution >= 4 is 11.8 Å². The number of fused-ring (bicyclic) bond motifs is 1. The zero-order valence-electron chi connectivity index (χ0n) is 16.1. The lowest BCUT2D eigenvalue weighted by molar-refractivity contribution is -0.133. The average molecular weight is 385 g/mol. The minimum absolute atomic E-state index is 0.0216. The number of nitrogens with zero attached hydrogens (tertiary/aromatic N) is 4. The first kappa shape index (κ1) is 18.6. The number of nitrogens with one attached hydrogen (secondary N) is 1. The van der Waals surface area contributed by atoms with Crippen LogP contribution < -0.4 is 0 Å². The van der Waals surface area contributed by atoms with Gasteiger partial charge >= 0.3 is 0 Å². The smallest absolute Gasteiger partial charge is 0.227 e. The molecule has 0 unspecified atom stereocenters. The molecule has 1 aromatic heterocycles. The molecule has 0 bridgehead atoms. The number of aromatic amines is 1. The van der Waals surface area contributed by atoms with Crippen LogP contribution in [0.2, 0.25) is 0 Å². The van der Waals surface area contributed by atoms with E-state index in [1.807, 2.05) is 16.7 Å². The van der Waals surface area contributed by atoms with Crippen LogP contribution in [0.25, 0.3) is 0 Å². The third kappa shape index (κ3) is 3.27. The number of H-pyrrole nitrogens is 1. The van der Waals surface area contributed by atoms with Gasteiger partial charge in [0.2, 0.25) is 11.8 Å². The lowest BCUT2D eigenvalue weighted by Gasteiger charge is -2.41. The van der Waals surface area contributed by atoms with Crippen LogP contribution in [-0.2, 0) is 21.4 Å². The van der Waals surface area contributed by atoms with E-state index in [2.05, 4.69) is 15.2 Å². The summed E-state index contributed by atoms with van der Waals surface area (Å²) in [7, 11) is 0. The number of aromatic nitrogens is 3. The van der Waals surface area contributed by atoms with Crippen molar-refractivity contribution in [3.63, 3.8) is 0 Å². The van der Waals surface area contributed by atoms with E-state index < -0.39 is 0 Å². The Morgan fingerprint density at radius 2 is 2.11 bits per heavy atom. The highest BCUT2D eigenvalue weighted by atomic mass is 19.1. The highest BCUT2D eigenvalue weighted by Gasteiger charge is 2.54. The quantitative estimate of drug-likeness (QED) is 0.867. The molecule has 1 N–H and O–H groups in total. The maximum absolute atomic E-state index is 13.4. The van der Waals surface area contributed by atoms with Crippen molar-refractivity contribution < 1.29 is 14.0 Å². The van der Waals surface area contributed by atoms with E-state index >= 15 is 0 Å². The molecule has 0 saturated carbocycles. The molecule has 2 fully saturated rings. The summed E-state index contributed by atoms with van der Waals surface area (Å²) in [6.45, 7) is 5.72. The predicted molar refractivity (Wildman–Crippen MR) is 99.8 cm³/mol. The Morgan fingerprint density at radius 3 is 2.79 bits per heavy atom. The Bertz CT molecular complexity index is 914. The Balaban J connectivity index is 1.54. The summed E-state index contributed by atoms with van der Waals surface area (Å²) in [6, 6.07) is 6.15. The Hall–Kier alpha value is -2.77. The Morgan fingerprint density at radius 1 is 1.32 bits per heavy atom. The molecule has 2 aromatic rings. The van der Waals surface area contributed by atoms with Gasteiger partial charge in [0.1, 0.15) is 11.6 Å². The summed E-state index contributed by atoms with van der Waals surface area (Å²) in [5.74, 6) is 1.22. The topological polar surface area (TPSA) is 82.2 Å². The van der Waals surface area contributed by atoms with Crippen molar-refractivity contribution in [3.8, 4) is 0 Å². The molecule has 2 aliphatic rings. The second-order valence-corrected chi connectivity index (χ2v) is 7.89. The van der Waals surface area contributed by atoms with Crippen LogP contribution in [0.15, 0.2) is 24.3 Å². The standard InChI is InChI=1S/C20H24FN5O2/c1-13-22-19(24-23-13)20-6-7-25(10-16(20)11-26(12-20)14(2)27)18(28)9-15-4-3-5-17(21)8-15/h3-5,8,16H,6-7,9-12H2,1-2H3,(H,22,23,24)/t16-,20-/m1/s1. The lowest BCUT2D eigenvalue weighted by Crippen LogP contribution is -2.52. The number of rotatable bonds is 3. The molecule has 4 rings (SSSR count). The monoisotopic (exact) mass is 385 g/mol. The molecule has 28 heavy (non-hydrogen) atoms. The van der Waals surface area contributed by atoms with Crippen molar-refractivity contribution in [2.75, 3.05) is 26.2 Å². The largest absolute Gasteiger partial charge is 0.342 e. The highest BCUT2D eigenvalue weighted by Crippen LogP contribution is 2.44. The van der Waals surface area contributed by atoms with E-state index in [4.69, 9.17) is 0 Å². The summed E-state index contributed by atoms with van der Waals surface area (Å²) in [6.07, 6.45) is 0.876. The molecule has 0 spiro atoms. The second kappa shape index (κ2) is 7.00. The molecule has 7 nitrogen and oxygen atoms in total. The van der Waals surface area contributed by atoms with Gasteiger partial charge in [0.25, 0.3) is 0 Å². The van der Waals surface area contributed by atoms with Crippen LogP contribution >= 0.6 is 0 Å². The van der Waals surface area contributed by atoms with Crippen LogP contribution in [0, 0.1) is 18.7 Å². The summed E-state index contributed by atoms with van der Waals surface area (Å²) in [4.78, 5) is 33.1. The summed E-state index contributed by atoms with van der Waals surface area (Å²) in [5, 5.41) is 7.30. The van der Waals surface area contributed by atoms with E-state index in [1.165, 1.54) is 12.1 Å². The van der Waals surface area contributed by atoms with E-state index in [1.54, 1.807) is 19.1 Å². The fourth-order valence-electron chi connectivity index (χ4n) is 4.51.